The summed E-state index contributed by atoms with van der Waals surface area (Å²) in [5.41, 5.74) is 4.52. The van der Waals surface area contributed by atoms with E-state index in [1.54, 1.807) is 27.7 Å². The van der Waals surface area contributed by atoms with Crippen LogP contribution in [0.15, 0.2) is 0 Å². The molecule has 0 fully saturated rings. The van der Waals surface area contributed by atoms with E-state index in [4.69, 9.17) is 15.6 Å². The third-order valence-corrected chi connectivity index (χ3v) is 3.40. The van der Waals surface area contributed by atoms with Crippen LogP contribution in [-0.2, 0) is 14.3 Å². The van der Waals surface area contributed by atoms with Gasteiger partial charge in [-0.1, -0.05) is 0 Å². The molecule has 0 saturated heterocycles. The first-order valence-electron chi connectivity index (χ1n) is 5.84. The smallest absolute Gasteiger partial charge is 0.306 e. The molecule has 0 radical (unpaired) electrons. The van der Waals surface area contributed by atoms with Crippen molar-refractivity contribution in [1.82, 2.24) is 5.32 Å². The van der Waals surface area contributed by atoms with Gasteiger partial charge in [-0.2, -0.15) is 0 Å². The maximum absolute atomic E-state index is 12.0. The molecule has 0 spiro atoms. The highest BCUT2D eigenvalue weighted by Gasteiger charge is 2.40. The minimum atomic E-state index is -0.963. The van der Waals surface area contributed by atoms with E-state index in [9.17, 15) is 9.59 Å². The highest BCUT2D eigenvalue weighted by molar-refractivity contribution is 5.83. The van der Waals surface area contributed by atoms with Crippen LogP contribution in [0.1, 0.15) is 34.1 Å². The zero-order valence-corrected chi connectivity index (χ0v) is 11.7. The monoisotopic (exact) mass is 260 g/mol. The van der Waals surface area contributed by atoms with Crippen LogP contribution in [0.2, 0.25) is 0 Å². The maximum atomic E-state index is 12.0. The topological polar surface area (TPSA) is 102 Å². The molecule has 1 amide bonds. The Morgan fingerprint density at radius 2 is 1.83 bits per heavy atom. The fourth-order valence-electron chi connectivity index (χ4n) is 1.15. The number of amides is 1. The summed E-state index contributed by atoms with van der Waals surface area (Å²) >= 11 is 0. The molecule has 6 heteroatoms. The minimum Gasteiger partial charge on any atom is -0.481 e. The van der Waals surface area contributed by atoms with Gasteiger partial charge in [-0.3, -0.25) is 9.59 Å². The maximum Gasteiger partial charge on any atom is 0.306 e. The average molecular weight is 260 g/mol. The summed E-state index contributed by atoms with van der Waals surface area (Å²) in [5.74, 6) is -1.18. The van der Waals surface area contributed by atoms with Gasteiger partial charge in [-0.25, -0.2) is 0 Å². The van der Waals surface area contributed by atoms with Gasteiger partial charge in [0.05, 0.1) is 17.9 Å². The highest BCUT2D eigenvalue weighted by Crippen LogP contribution is 2.28. The van der Waals surface area contributed by atoms with E-state index >= 15 is 0 Å². The van der Waals surface area contributed by atoms with E-state index in [2.05, 4.69) is 5.32 Å². The summed E-state index contributed by atoms with van der Waals surface area (Å²) in [6.07, 6.45) is -0.688. The molecule has 0 aliphatic heterocycles. The molecule has 4 N–H and O–H groups in total. The molecule has 18 heavy (non-hydrogen) atoms. The van der Waals surface area contributed by atoms with Gasteiger partial charge in [0.25, 0.3) is 0 Å². The van der Waals surface area contributed by atoms with E-state index in [0.717, 1.165) is 0 Å². The Morgan fingerprint density at radius 3 is 2.17 bits per heavy atom. The molecule has 0 bridgehead atoms. The number of carboxylic acids is 1. The molecule has 6 nitrogen and oxygen atoms in total. The van der Waals surface area contributed by atoms with Gasteiger partial charge in [0.1, 0.15) is 0 Å². The standard InChI is InChI=1S/C12H24N2O4/c1-11(2,12(3,4)13)10(17)14-7-8(18-5)6-9(15)16/h8H,6-7,13H2,1-5H3,(H,14,17)(H,15,16). The van der Waals surface area contributed by atoms with Gasteiger partial charge < -0.3 is 20.9 Å². The number of carboxylic acid groups (broad SMARTS) is 1. The van der Waals surface area contributed by atoms with Crippen molar-refractivity contribution >= 4 is 11.9 Å². The normalized spacial score (nSPS) is 14.1. The second kappa shape index (κ2) is 6.15. The van der Waals surface area contributed by atoms with Gasteiger partial charge in [-0.05, 0) is 27.7 Å². The number of carbonyl (C=O) groups excluding carboxylic acids is 1. The second-order valence-electron chi connectivity index (χ2n) is 5.51. The molecule has 1 unspecified atom stereocenters. The zero-order valence-electron chi connectivity index (χ0n) is 11.7. The average Bonchev–Trinajstić information content (AvgIpc) is 2.21. The largest absolute Gasteiger partial charge is 0.481 e. The lowest BCUT2D eigenvalue weighted by molar-refractivity contribution is -0.140. The SMILES string of the molecule is COC(CNC(=O)C(C)(C)C(C)(C)N)CC(=O)O. The van der Waals surface area contributed by atoms with E-state index in [1.165, 1.54) is 7.11 Å². The Morgan fingerprint density at radius 1 is 1.33 bits per heavy atom. The van der Waals surface area contributed by atoms with Gasteiger partial charge in [-0.15, -0.1) is 0 Å². The number of ether oxygens (including phenoxy) is 1. The van der Waals surface area contributed by atoms with Crippen LogP contribution >= 0.6 is 0 Å². The van der Waals surface area contributed by atoms with Crippen LogP contribution in [0.3, 0.4) is 0 Å². The van der Waals surface area contributed by atoms with Gasteiger partial charge in [0, 0.05) is 19.2 Å². The van der Waals surface area contributed by atoms with Gasteiger partial charge in [0.15, 0.2) is 0 Å². The van der Waals surface area contributed by atoms with Gasteiger partial charge >= 0.3 is 5.97 Å². The Hall–Kier alpha value is -1.14. The second-order valence-corrected chi connectivity index (χ2v) is 5.51. The molecule has 106 valence electrons. The molecule has 1 atom stereocenters. The number of carbonyl (C=O) groups is 2. The number of nitrogens with one attached hydrogen (secondary N) is 1. The van der Waals surface area contributed by atoms with Crippen LogP contribution < -0.4 is 11.1 Å². The van der Waals surface area contributed by atoms with Crippen molar-refractivity contribution in [1.29, 1.82) is 0 Å². The van der Waals surface area contributed by atoms with E-state index < -0.39 is 23.0 Å². The molecule has 0 heterocycles. The molecule has 0 aliphatic carbocycles. The van der Waals surface area contributed by atoms with Crippen molar-refractivity contribution in [3.05, 3.63) is 0 Å². The number of rotatable bonds is 7. The summed E-state index contributed by atoms with van der Waals surface area (Å²) in [4.78, 5) is 22.6. The van der Waals surface area contributed by atoms with E-state index in [0.29, 0.717) is 0 Å². The molecule has 0 aromatic rings. The van der Waals surface area contributed by atoms with Crippen LogP contribution in [-0.4, -0.2) is 42.3 Å². The number of hydrogen-bond acceptors (Lipinski definition) is 4. The Kier molecular flexibility index (Phi) is 5.76. The third kappa shape index (κ3) is 4.62. The van der Waals surface area contributed by atoms with Crippen molar-refractivity contribution < 1.29 is 19.4 Å². The summed E-state index contributed by atoms with van der Waals surface area (Å²) < 4.78 is 4.98. The Bertz CT molecular complexity index is 308. The predicted octanol–water partition coefficient (Wildman–Crippen LogP) is 0.356. The molecule has 0 rings (SSSR count). The first kappa shape index (κ1) is 16.9. The minimum absolute atomic E-state index is 0.150. The van der Waals surface area contributed by atoms with Crippen LogP contribution in [0.5, 0.6) is 0 Å². The summed E-state index contributed by atoms with van der Waals surface area (Å²) in [5, 5.41) is 11.3. The molecule has 0 aliphatic rings. The quantitative estimate of drug-likeness (QED) is 0.613. The number of aliphatic carboxylic acids is 1. The fraction of sp³-hybridized carbons (Fsp3) is 0.833. The van der Waals surface area contributed by atoms with Crippen molar-refractivity contribution in [3.8, 4) is 0 Å². The fourth-order valence-corrected chi connectivity index (χ4v) is 1.15. The lowest BCUT2D eigenvalue weighted by Gasteiger charge is -2.37. The zero-order chi connectivity index (χ0) is 14.6. The Balaban J connectivity index is 4.45. The predicted molar refractivity (Wildman–Crippen MR) is 68.1 cm³/mol. The van der Waals surface area contributed by atoms with Crippen molar-refractivity contribution in [3.63, 3.8) is 0 Å². The van der Waals surface area contributed by atoms with Crippen molar-refractivity contribution in [2.45, 2.75) is 45.8 Å². The third-order valence-electron chi connectivity index (χ3n) is 3.40. The summed E-state index contributed by atoms with van der Waals surface area (Å²) in [7, 11) is 1.41. The van der Waals surface area contributed by atoms with E-state index in [-0.39, 0.29) is 18.9 Å². The molecule has 0 saturated carbocycles. The Labute approximate surface area is 108 Å². The lowest BCUT2D eigenvalue weighted by atomic mass is 9.74. The van der Waals surface area contributed by atoms with Crippen LogP contribution in [0.4, 0.5) is 0 Å². The summed E-state index contributed by atoms with van der Waals surface area (Å²) in [6, 6.07) is 0. The lowest BCUT2D eigenvalue weighted by Crippen LogP contribution is -2.56. The molecular weight excluding hydrogens is 236 g/mol. The van der Waals surface area contributed by atoms with Crippen LogP contribution in [0, 0.1) is 5.41 Å². The highest BCUT2D eigenvalue weighted by atomic mass is 16.5. The van der Waals surface area contributed by atoms with Crippen LogP contribution in [0.25, 0.3) is 0 Å². The molecule has 0 aromatic heterocycles. The number of hydrogen-bond donors (Lipinski definition) is 3. The molecule has 0 aromatic carbocycles. The van der Waals surface area contributed by atoms with Crippen molar-refractivity contribution in [2.24, 2.45) is 11.1 Å². The summed E-state index contributed by atoms with van der Waals surface area (Å²) in [6.45, 7) is 7.21. The first-order valence-corrected chi connectivity index (χ1v) is 5.84. The van der Waals surface area contributed by atoms with Crippen molar-refractivity contribution in [2.75, 3.05) is 13.7 Å². The van der Waals surface area contributed by atoms with Gasteiger partial charge in [0.2, 0.25) is 5.91 Å². The first-order chi connectivity index (χ1) is 8.02. The molecular formula is C12H24N2O4. The number of methoxy groups -OCH3 is 1. The number of nitrogens with two attached hydrogens (primary N) is 1. The van der Waals surface area contributed by atoms with E-state index in [1.807, 2.05) is 0 Å².